The van der Waals surface area contributed by atoms with Gasteiger partial charge < -0.3 is 9.72 Å². The van der Waals surface area contributed by atoms with E-state index in [1.165, 1.54) is 17.7 Å². The molecule has 0 aliphatic rings. The summed E-state index contributed by atoms with van der Waals surface area (Å²) < 4.78 is 44.8. The monoisotopic (exact) mass is 337 g/mol. The van der Waals surface area contributed by atoms with Gasteiger partial charge in [-0.15, -0.1) is 0 Å². The fourth-order valence-electron chi connectivity index (χ4n) is 2.15. The Morgan fingerprint density at radius 3 is 2.83 bits per heavy atom. The Balaban J connectivity index is 1.84. The summed E-state index contributed by atoms with van der Waals surface area (Å²) in [6.07, 6.45) is 2.92. The van der Waals surface area contributed by atoms with Crippen molar-refractivity contribution in [2.24, 2.45) is 0 Å². The van der Waals surface area contributed by atoms with Crippen LogP contribution in [-0.4, -0.2) is 21.1 Å². The van der Waals surface area contributed by atoms with E-state index in [1.807, 2.05) is 0 Å². The van der Waals surface area contributed by atoms with Gasteiger partial charge in [-0.3, -0.25) is 15.0 Å². The highest BCUT2D eigenvalue weighted by Gasteiger charge is 2.15. The second kappa shape index (κ2) is 6.20. The molecule has 2 aromatic heterocycles. The Kier molecular flexibility index (Phi) is 4.09. The van der Waals surface area contributed by atoms with Crippen molar-refractivity contribution in [1.29, 1.82) is 0 Å². The molecule has 2 heterocycles. The minimum atomic E-state index is -1.60. The summed E-state index contributed by atoms with van der Waals surface area (Å²) in [6.45, 7) is -0.130. The van der Waals surface area contributed by atoms with Crippen molar-refractivity contribution >= 4 is 16.8 Å². The number of nitrogens with one attached hydrogen (secondary N) is 2. The summed E-state index contributed by atoms with van der Waals surface area (Å²) in [7, 11) is 0. The van der Waals surface area contributed by atoms with Gasteiger partial charge in [-0.2, -0.15) is 4.39 Å². The van der Waals surface area contributed by atoms with Crippen molar-refractivity contribution in [3.63, 3.8) is 0 Å². The zero-order valence-corrected chi connectivity index (χ0v) is 11.9. The molecule has 0 atom stereocenters. The highest BCUT2D eigenvalue weighted by molar-refractivity contribution is 5.95. The van der Waals surface area contributed by atoms with Gasteiger partial charge in [-0.1, -0.05) is 0 Å². The first-order chi connectivity index (χ1) is 11.5. The number of aromatic amines is 1. The minimum Gasteiger partial charge on any atom is -0.486 e. The Labute approximate surface area is 132 Å². The number of fused-ring (bicyclic) bond motifs is 1. The number of H-pyrrole nitrogens is 1. The molecule has 3 N–H and O–H groups in total. The van der Waals surface area contributed by atoms with Gasteiger partial charge in [0.25, 0.3) is 5.91 Å². The molecule has 1 amide bonds. The third-order valence-electron chi connectivity index (χ3n) is 3.37. The van der Waals surface area contributed by atoms with Gasteiger partial charge in [0.1, 0.15) is 12.3 Å². The van der Waals surface area contributed by atoms with E-state index in [-0.39, 0.29) is 12.3 Å². The predicted octanol–water partition coefficient (Wildman–Crippen LogP) is 2.68. The van der Waals surface area contributed by atoms with Crippen LogP contribution in [0.4, 0.5) is 13.2 Å². The number of carbonyl (C=O) groups excluding carboxylic acids is 1. The molecule has 6 nitrogen and oxygen atoms in total. The van der Waals surface area contributed by atoms with E-state index in [4.69, 9.17) is 9.94 Å². The topological polar surface area (TPSA) is 87.2 Å². The van der Waals surface area contributed by atoms with E-state index in [2.05, 4.69) is 9.97 Å². The number of pyridine rings is 1. The van der Waals surface area contributed by atoms with E-state index in [0.717, 1.165) is 12.1 Å². The van der Waals surface area contributed by atoms with E-state index in [9.17, 15) is 18.0 Å². The first-order valence-corrected chi connectivity index (χ1v) is 6.68. The summed E-state index contributed by atoms with van der Waals surface area (Å²) in [5, 5.41) is 9.17. The SMILES string of the molecule is O=C(NO)c1cc2[nH]cc(COc3ccc(F)c(F)c3F)c2cn1. The number of benzene rings is 1. The molecule has 0 radical (unpaired) electrons. The van der Waals surface area contributed by atoms with Crippen LogP contribution in [0.1, 0.15) is 16.1 Å². The normalized spacial score (nSPS) is 10.8. The minimum absolute atomic E-state index is 0.00836. The van der Waals surface area contributed by atoms with Crippen LogP contribution in [0.15, 0.2) is 30.6 Å². The summed E-state index contributed by atoms with van der Waals surface area (Å²) >= 11 is 0. The molecule has 124 valence electrons. The fourth-order valence-corrected chi connectivity index (χ4v) is 2.15. The number of aromatic nitrogens is 2. The molecular formula is C15H10F3N3O3. The van der Waals surface area contributed by atoms with Crippen LogP contribution in [-0.2, 0) is 6.61 Å². The molecule has 0 saturated carbocycles. The number of hydrogen-bond donors (Lipinski definition) is 3. The molecule has 0 saturated heterocycles. The lowest BCUT2D eigenvalue weighted by atomic mass is 10.2. The Morgan fingerprint density at radius 1 is 1.29 bits per heavy atom. The lowest BCUT2D eigenvalue weighted by molar-refractivity contribution is 0.0701. The highest BCUT2D eigenvalue weighted by atomic mass is 19.2. The van der Waals surface area contributed by atoms with Crippen LogP contribution in [0.5, 0.6) is 5.75 Å². The molecule has 0 fully saturated rings. The summed E-state index contributed by atoms with van der Waals surface area (Å²) in [5.41, 5.74) is 2.56. The maximum absolute atomic E-state index is 13.6. The Morgan fingerprint density at radius 2 is 2.08 bits per heavy atom. The lowest BCUT2D eigenvalue weighted by Gasteiger charge is -2.07. The largest absolute Gasteiger partial charge is 0.486 e. The van der Waals surface area contributed by atoms with Crippen molar-refractivity contribution < 1.29 is 27.9 Å². The number of hydrogen-bond acceptors (Lipinski definition) is 4. The predicted molar refractivity (Wildman–Crippen MR) is 76.0 cm³/mol. The van der Waals surface area contributed by atoms with Gasteiger partial charge in [-0.25, -0.2) is 14.3 Å². The number of amides is 1. The average Bonchev–Trinajstić information content (AvgIpc) is 3.00. The number of halogens is 3. The first-order valence-electron chi connectivity index (χ1n) is 6.68. The molecule has 0 unspecified atom stereocenters. The summed E-state index contributed by atoms with van der Waals surface area (Å²) in [4.78, 5) is 18.0. The molecule has 0 aliphatic heterocycles. The second-order valence-electron chi connectivity index (χ2n) is 4.83. The fraction of sp³-hybridized carbons (Fsp3) is 0.0667. The lowest BCUT2D eigenvalue weighted by Crippen LogP contribution is -2.19. The number of carbonyl (C=O) groups is 1. The summed E-state index contributed by atoms with van der Waals surface area (Å²) in [6, 6.07) is 3.16. The van der Waals surface area contributed by atoms with Crippen LogP contribution in [0.2, 0.25) is 0 Å². The molecule has 0 bridgehead atoms. The maximum Gasteiger partial charge on any atom is 0.293 e. The molecule has 3 aromatic rings. The zero-order chi connectivity index (χ0) is 17.3. The second-order valence-corrected chi connectivity index (χ2v) is 4.83. The van der Waals surface area contributed by atoms with Gasteiger partial charge >= 0.3 is 0 Å². The van der Waals surface area contributed by atoms with Crippen molar-refractivity contribution in [3.8, 4) is 5.75 Å². The quantitative estimate of drug-likeness (QED) is 0.388. The number of rotatable bonds is 4. The van der Waals surface area contributed by atoms with Crippen molar-refractivity contribution in [3.05, 3.63) is 59.3 Å². The first kappa shape index (κ1) is 15.8. The van der Waals surface area contributed by atoms with Crippen molar-refractivity contribution in [1.82, 2.24) is 15.4 Å². The molecular weight excluding hydrogens is 327 g/mol. The van der Waals surface area contributed by atoms with Gasteiger partial charge in [0.15, 0.2) is 17.4 Å². The smallest absolute Gasteiger partial charge is 0.293 e. The van der Waals surface area contributed by atoms with Crippen molar-refractivity contribution in [2.75, 3.05) is 0 Å². The molecule has 0 aliphatic carbocycles. The maximum atomic E-state index is 13.6. The number of nitrogens with zero attached hydrogens (tertiary/aromatic N) is 1. The van der Waals surface area contributed by atoms with Gasteiger partial charge in [0.05, 0.1) is 0 Å². The summed E-state index contributed by atoms with van der Waals surface area (Å²) in [5.74, 6) is -5.51. The molecule has 1 aromatic carbocycles. The van der Waals surface area contributed by atoms with Crippen LogP contribution in [0, 0.1) is 17.5 Å². The number of hydroxylamine groups is 1. The molecule has 24 heavy (non-hydrogen) atoms. The van der Waals surface area contributed by atoms with Crippen LogP contribution >= 0.6 is 0 Å². The standard InChI is InChI=1S/C15H10F3N3O3/c16-9-1-2-12(14(18)13(9)17)24-6-7-4-19-10-3-11(15(22)21-23)20-5-8(7)10/h1-5,19,23H,6H2,(H,21,22). The third kappa shape index (κ3) is 2.76. The average molecular weight is 337 g/mol. The van der Waals surface area contributed by atoms with Crippen molar-refractivity contribution in [2.45, 2.75) is 6.61 Å². The van der Waals surface area contributed by atoms with Crippen LogP contribution in [0.25, 0.3) is 10.9 Å². The highest BCUT2D eigenvalue weighted by Crippen LogP contribution is 2.24. The number of ether oxygens (including phenoxy) is 1. The van der Waals surface area contributed by atoms with Crippen LogP contribution < -0.4 is 10.2 Å². The third-order valence-corrected chi connectivity index (χ3v) is 3.37. The Hall–Kier alpha value is -3.07. The van der Waals surface area contributed by atoms with E-state index in [0.29, 0.717) is 16.5 Å². The van der Waals surface area contributed by atoms with Gasteiger partial charge in [0, 0.05) is 28.9 Å². The van der Waals surface area contributed by atoms with Crippen LogP contribution in [0.3, 0.4) is 0 Å². The van der Waals surface area contributed by atoms with E-state index in [1.54, 1.807) is 6.20 Å². The molecule has 9 heteroatoms. The van der Waals surface area contributed by atoms with Gasteiger partial charge in [-0.05, 0) is 18.2 Å². The van der Waals surface area contributed by atoms with E-state index >= 15 is 0 Å². The van der Waals surface area contributed by atoms with E-state index < -0.39 is 29.1 Å². The Bertz CT molecular complexity index is 927. The molecule has 3 rings (SSSR count). The zero-order valence-electron chi connectivity index (χ0n) is 11.9. The molecule has 0 spiro atoms. The van der Waals surface area contributed by atoms with Gasteiger partial charge in [0.2, 0.25) is 5.82 Å².